The quantitative estimate of drug-likeness (QED) is 0.773. The molecular formula is C13H9BrCl2FNO. The average molecular weight is 365 g/mol. The molecule has 0 heterocycles. The minimum absolute atomic E-state index is 0.188. The zero-order valence-electron chi connectivity index (χ0n) is 9.59. The number of hydrogen-bond acceptors (Lipinski definition) is 2. The van der Waals surface area contributed by atoms with Crippen LogP contribution in [-0.4, -0.2) is 0 Å². The predicted molar refractivity (Wildman–Crippen MR) is 79.3 cm³/mol. The lowest BCUT2D eigenvalue weighted by molar-refractivity contribution is 0.305. The van der Waals surface area contributed by atoms with E-state index < -0.39 is 5.82 Å². The first-order valence-electron chi connectivity index (χ1n) is 5.29. The zero-order chi connectivity index (χ0) is 14.0. The van der Waals surface area contributed by atoms with E-state index in [1.165, 1.54) is 12.1 Å². The maximum Gasteiger partial charge on any atom is 0.157 e. The molecule has 0 aromatic heterocycles. The van der Waals surface area contributed by atoms with E-state index in [1.807, 2.05) is 0 Å². The van der Waals surface area contributed by atoms with Crippen molar-refractivity contribution in [3.8, 4) is 5.75 Å². The second kappa shape index (κ2) is 5.99. The van der Waals surface area contributed by atoms with Crippen LogP contribution in [0.15, 0.2) is 34.8 Å². The first-order chi connectivity index (χ1) is 8.99. The molecule has 2 aromatic rings. The number of nitrogen functional groups attached to an aromatic ring is 1. The fourth-order valence-electron chi connectivity index (χ4n) is 1.54. The van der Waals surface area contributed by atoms with E-state index in [0.717, 1.165) is 5.56 Å². The molecule has 0 bridgehead atoms. The molecule has 0 saturated heterocycles. The van der Waals surface area contributed by atoms with Crippen molar-refractivity contribution in [1.29, 1.82) is 0 Å². The average Bonchev–Trinajstić information content (AvgIpc) is 2.33. The molecule has 100 valence electrons. The van der Waals surface area contributed by atoms with Crippen molar-refractivity contribution in [2.24, 2.45) is 0 Å². The van der Waals surface area contributed by atoms with Gasteiger partial charge in [-0.2, -0.15) is 0 Å². The lowest BCUT2D eigenvalue weighted by Crippen LogP contribution is -2.01. The summed E-state index contributed by atoms with van der Waals surface area (Å²) in [4.78, 5) is 0. The number of nitrogens with two attached hydrogens (primary N) is 1. The lowest BCUT2D eigenvalue weighted by Gasteiger charge is -2.12. The van der Waals surface area contributed by atoms with Gasteiger partial charge in [-0.3, -0.25) is 0 Å². The largest absolute Gasteiger partial charge is 0.485 e. The van der Waals surface area contributed by atoms with E-state index in [4.69, 9.17) is 33.7 Å². The minimum atomic E-state index is -0.433. The number of ether oxygens (including phenoxy) is 1. The molecule has 0 radical (unpaired) electrons. The summed E-state index contributed by atoms with van der Waals surface area (Å²) in [6, 6.07) is 7.73. The number of benzene rings is 2. The Morgan fingerprint density at radius 3 is 2.68 bits per heavy atom. The van der Waals surface area contributed by atoms with Gasteiger partial charge in [0.2, 0.25) is 0 Å². The van der Waals surface area contributed by atoms with Crippen molar-refractivity contribution in [3.63, 3.8) is 0 Å². The highest BCUT2D eigenvalue weighted by molar-refractivity contribution is 9.10. The molecule has 2 N–H and O–H groups in total. The molecule has 0 aliphatic rings. The van der Waals surface area contributed by atoms with Crippen LogP contribution in [0.5, 0.6) is 5.75 Å². The van der Waals surface area contributed by atoms with Crippen LogP contribution in [0.4, 0.5) is 10.1 Å². The Morgan fingerprint density at radius 1 is 1.26 bits per heavy atom. The first kappa shape index (κ1) is 14.4. The van der Waals surface area contributed by atoms with Gasteiger partial charge in [0, 0.05) is 11.6 Å². The lowest BCUT2D eigenvalue weighted by atomic mass is 10.2. The summed E-state index contributed by atoms with van der Waals surface area (Å²) < 4.78 is 19.1. The van der Waals surface area contributed by atoms with Crippen LogP contribution < -0.4 is 10.5 Å². The van der Waals surface area contributed by atoms with E-state index in [-0.39, 0.29) is 12.3 Å². The third-order valence-electron chi connectivity index (χ3n) is 2.44. The van der Waals surface area contributed by atoms with Gasteiger partial charge < -0.3 is 10.5 Å². The van der Waals surface area contributed by atoms with Crippen LogP contribution >= 0.6 is 39.1 Å². The highest BCUT2D eigenvalue weighted by Gasteiger charge is 2.10. The van der Waals surface area contributed by atoms with Gasteiger partial charge in [-0.1, -0.05) is 35.3 Å². The molecular weight excluding hydrogens is 356 g/mol. The van der Waals surface area contributed by atoms with Crippen molar-refractivity contribution in [2.45, 2.75) is 6.61 Å². The molecule has 6 heteroatoms. The highest BCUT2D eigenvalue weighted by Crippen LogP contribution is 2.34. The zero-order valence-corrected chi connectivity index (χ0v) is 12.7. The molecule has 0 aliphatic heterocycles. The van der Waals surface area contributed by atoms with Gasteiger partial charge in [0.05, 0.1) is 20.2 Å². The van der Waals surface area contributed by atoms with Gasteiger partial charge in [-0.15, -0.1) is 0 Å². The Morgan fingerprint density at radius 2 is 2.00 bits per heavy atom. The van der Waals surface area contributed by atoms with Crippen LogP contribution in [0.1, 0.15) is 5.56 Å². The van der Waals surface area contributed by atoms with Crippen LogP contribution in [0.3, 0.4) is 0 Å². The molecule has 2 rings (SSSR count). The van der Waals surface area contributed by atoms with Crippen LogP contribution in [0, 0.1) is 5.82 Å². The molecule has 2 nitrogen and oxygen atoms in total. The third kappa shape index (κ3) is 3.32. The molecule has 0 aliphatic carbocycles. The van der Waals surface area contributed by atoms with Gasteiger partial charge in [0.1, 0.15) is 12.4 Å². The molecule has 0 spiro atoms. The van der Waals surface area contributed by atoms with Gasteiger partial charge >= 0.3 is 0 Å². The fraction of sp³-hybridized carbons (Fsp3) is 0.0769. The van der Waals surface area contributed by atoms with E-state index in [0.29, 0.717) is 20.3 Å². The summed E-state index contributed by atoms with van der Waals surface area (Å²) in [5.41, 5.74) is 6.64. The van der Waals surface area contributed by atoms with Crippen molar-refractivity contribution in [1.82, 2.24) is 0 Å². The van der Waals surface area contributed by atoms with Crippen molar-refractivity contribution in [3.05, 3.63) is 56.2 Å². The highest BCUT2D eigenvalue weighted by atomic mass is 79.9. The molecule has 0 saturated carbocycles. The summed E-state index contributed by atoms with van der Waals surface area (Å²) in [5, 5.41) is 0.884. The van der Waals surface area contributed by atoms with Gasteiger partial charge in [-0.25, -0.2) is 4.39 Å². The molecule has 2 aromatic carbocycles. The van der Waals surface area contributed by atoms with Gasteiger partial charge in [0.25, 0.3) is 0 Å². The van der Waals surface area contributed by atoms with E-state index in [2.05, 4.69) is 15.9 Å². The summed E-state index contributed by atoms with van der Waals surface area (Å²) in [5.74, 6) is -0.0602. The maximum absolute atomic E-state index is 13.1. The predicted octanol–water partition coefficient (Wildman–Crippen LogP) is 5.06. The third-order valence-corrected chi connectivity index (χ3v) is 3.89. The summed E-state index contributed by atoms with van der Waals surface area (Å²) in [7, 11) is 0. The topological polar surface area (TPSA) is 35.2 Å². The SMILES string of the molecule is Nc1cc(F)cc(Br)c1OCc1cccc(Cl)c1Cl. The van der Waals surface area contributed by atoms with Crippen LogP contribution in [0.25, 0.3) is 0 Å². The minimum Gasteiger partial charge on any atom is -0.485 e. The number of rotatable bonds is 3. The van der Waals surface area contributed by atoms with E-state index >= 15 is 0 Å². The monoisotopic (exact) mass is 363 g/mol. The molecule has 0 unspecified atom stereocenters. The summed E-state index contributed by atoms with van der Waals surface area (Å²) in [6.45, 7) is 0.188. The smallest absolute Gasteiger partial charge is 0.157 e. The normalized spacial score (nSPS) is 10.5. The Kier molecular flexibility index (Phi) is 4.55. The van der Waals surface area contributed by atoms with E-state index in [1.54, 1.807) is 18.2 Å². The van der Waals surface area contributed by atoms with Gasteiger partial charge in [-0.05, 0) is 28.1 Å². The molecule has 19 heavy (non-hydrogen) atoms. The van der Waals surface area contributed by atoms with Crippen molar-refractivity contribution >= 4 is 44.8 Å². The van der Waals surface area contributed by atoms with Crippen LogP contribution in [-0.2, 0) is 6.61 Å². The van der Waals surface area contributed by atoms with Crippen LogP contribution in [0.2, 0.25) is 10.0 Å². The van der Waals surface area contributed by atoms with Crippen molar-refractivity contribution in [2.75, 3.05) is 5.73 Å². The molecule has 0 fully saturated rings. The van der Waals surface area contributed by atoms with Crippen molar-refractivity contribution < 1.29 is 9.13 Å². The first-order valence-corrected chi connectivity index (χ1v) is 6.84. The second-order valence-electron chi connectivity index (χ2n) is 3.81. The standard InChI is InChI=1S/C13H9BrCl2FNO/c14-9-4-8(17)5-11(18)13(9)19-6-7-2-1-3-10(15)12(7)16/h1-5H,6,18H2. The number of hydrogen-bond donors (Lipinski definition) is 1. The number of halogens is 4. The Labute approximate surface area is 128 Å². The maximum atomic E-state index is 13.1. The number of anilines is 1. The fourth-order valence-corrected chi connectivity index (χ4v) is 2.48. The van der Waals surface area contributed by atoms with Gasteiger partial charge in [0.15, 0.2) is 5.75 Å². The summed E-state index contributed by atoms with van der Waals surface area (Å²) >= 11 is 15.2. The van der Waals surface area contributed by atoms with E-state index in [9.17, 15) is 4.39 Å². The Bertz CT molecular complexity index is 599. The molecule has 0 amide bonds. The Balaban J connectivity index is 2.22. The molecule has 0 atom stereocenters. The Hall–Kier alpha value is -0.970. The second-order valence-corrected chi connectivity index (χ2v) is 5.45. The summed E-state index contributed by atoms with van der Waals surface area (Å²) in [6.07, 6.45) is 0.